The third-order valence-corrected chi connectivity index (χ3v) is 4.36. The van der Waals surface area contributed by atoms with Crippen molar-refractivity contribution in [3.05, 3.63) is 0 Å². The predicted molar refractivity (Wildman–Crippen MR) is 89.8 cm³/mol. The summed E-state index contributed by atoms with van der Waals surface area (Å²) in [6, 6.07) is 0.568. The van der Waals surface area contributed by atoms with Crippen LogP contribution in [0.25, 0.3) is 0 Å². The summed E-state index contributed by atoms with van der Waals surface area (Å²) in [5, 5.41) is 6.73. The number of hydrogen-bond acceptors (Lipinski definition) is 3. The lowest BCUT2D eigenvalue weighted by Crippen LogP contribution is -2.51. The van der Waals surface area contributed by atoms with Crippen molar-refractivity contribution < 1.29 is 4.74 Å². The van der Waals surface area contributed by atoms with E-state index in [-0.39, 0.29) is 0 Å². The molecular formula is C16H34N4O. The number of likely N-dealkylation sites (tertiary alicyclic amines) is 1. The van der Waals surface area contributed by atoms with Gasteiger partial charge >= 0.3 is 0 Å². The maximum absolute atomic E-state index is 5.05. The van der Waals surface area contributed by atoms with Crippen LogP contribution in [0, 0.1) is 11.8 Å². The maximum Gasteiger partial charge on any atom is 0.191 e. The van der Waals surface area contributed by atoms with E-state index in [4.69, 9.17) is 4.74 Å². The summed E-state index contributed by atoms with van der Waals surface area (Å²) in [6.45, 7) is 11.8. The van der Waals surface area contributed by atoms with Crippen molar-refractivity contribution in [2.45, 2.75) is 39.7 Å². The van der Waals surface area contributed by atoms with Gasteiger partial charge in [0.05, 0.1) is 6.61 Å². The van der Waals surface area contributed by atoms with Crippen molar-refractivity contribution in [2.24, 2.45) is 16.8 Å². The van der Waals surface area contributed by atoms with Crippen molar-refractivity contribution in [1.29, 1.82) is 0 Å². The molecule has 1 aliphatic rings. The molecule has 1 fully saturated rings. The van der Waals surface area contributed by atoms with E-state index < -0.39 is 0 Å². The molecule has 21 heavy (non-hydrogen) atoms. The molecule has 0 bridgehead atoms. The Morgan fingerprint density at radius 1 is 1.29 bits per heavy atom. The molecule has 1 aliphatic heterocycles. The van der Waals surface area contributed by atoms with Gasteiger partial charge in [-0.05, 0) is 37.8 Å². The minimum Gasteiger partial charge on any atom is -0.383 e. The van der Waals surface area contributed by atoms with E-state index in [2.05, 4.69) is 41.3 Å². The molecular weight excluding hydrogens is 264 g/mol. The normalized spacial score (nSPS) is 19.8. The molecule has 124 valence electrons. The second-order valence-corrected chi connectivity index (χ2v) is 6.40. The fourth-order valence-corrected chi connectivity index (χ4v) is 2.84. The SMILES string of the molecule is CN=C(NCCOC)NCC(C(C)C)N1CCC(C)CC1. The number of nitrogens with zero attached hydrogens (tertiary/aromatic N) is 2. The van der Waals surface area contributed by atoms with Crippen LogP contribution >= 0.6 is 0 Å². The fraction of sp³-hybridized carbons (Fsp3) is 0.938. The number of guanidine groups is 1. The van der Waals surface area contributed by atoms with Gasteiger partial charge in [-0.3, -0.25) is 9.89 Å². The monoisotopic (exact) mass is 298 g/mol. The van der Waals surface area contributed by atoms with Gasteiger partial charge in [0.15, 0.2) is 5.96 Å². The molecule has 1 atom stereocenters. The number of methoxy groups -OCH3 is 1. The molecule has 1 saturated heterocycles. The van der Waals surface area contributed by atoms with Crippen molar-refractivity contribution >= 4 is 5.96 Å². The molecule has 0 saturated carbocycles. The van der Waals surface area contributed by atoms with Crippen LogP contribution in [0.4, 0.5) is 0 Å². The lowest BCUT2D eigenvalue weighted by Gasteiger charge is -2.39. The third kappa shape index (κ3) is 6.66. The summed E-state index contributed by atoms with van der Waals surface area (Å²) in [7, 11) is 3.53. The van der Waals surface area contributed by atoms with E-state index in [0.717, 1.165) is 25.0 Å². The minimum absolute atomic E-state index is 0.568. The number of ether oxygens (including phenoxy) is 1. The van der Waals surface area contributed by atoms with Gasteiger partial charge in [-0.1, -0.05) is 20.8 Å². The summed E-state index contributed by atoms with van der Waals surface area (Å²) in [6.07, 6.45) is 2.65. The van der Waals surface area contributed by atoms with Crippen LogP contribution in [0.5, 0.6) is 0 Å². The Balaban J connectivity index is 2.43. The van der Waals surface area contributed by atoms with Crippen molar-refractivity contribution in [1.82, 2.24) is 15.5 Å². The first kappa shape index (κ1) is 18.2. The highest BCUT2D eigenvalue weighted by atomic mass is 16.5. The Bertz CT molecular complexity index is 299. The van der Waals surface area contributed by atoms with Crippen LogP contribution in [0.3, 0.4) is 0 Å². The molecule has 0 aliphatic carbocycles. The molecule has 2 N–H and O–H groups in total. The van der Waals surface area contributed by atoms with E-state index in [0.29, 0.717) is 18.6 Å². The van der Waals surface area contributed by atoms with Gasteiger partial charge in [-0.25, -0.2) is 0 Å². The molecule has 0 aromatic carbocycles. The Kier molecular flexibility index (Phi) is 8.69. The Labute approximate surface area is 130 Å². The molecule has 1 rings (SSSR count). The molecule has 1 unspecified atom stereocenters. The summed E-state index contributed by atoms with van der Waals surface area (Å²) in [4.78, 5) is 6.91. The van der Waals surface area contributed by atoms with Crippen molar-refractivity contribution in [3.8, 4) is 0 Å². The molecule has 0 spiro atoms. The first-order valence-electron chi connectivity index (χ1n) is 8.26. The first-order valence-corrected chi connectivity index (χ1v) is 8.26. The van der Waals surface area contributed by atoms with Crippen LogP contribution in [0.15, 0.2) is 4.99 Å². The minimum atomic E-state index is 0.568. The molecule has 0 radical (unpaired) electrons. The van der Waals surface area contributed by atoms with Gasteiger partial charge in [0.25, 0.3) is 0 Å². The zero-order valence-corrected chi connectivity index (χ0v) is 14.5. The number of hydrogen-bond donors (Lipinski definition) is 2. The van der Waals surface area contributed by atoms with Gasteiger partial charge in [-0.15, -0.1) is 0 Å². The Morgan fingerprint density at radius 2 is 1.95 bits per heavy atom. The highest BCUT2D eigenvalue weighted by molar-refractivity contribution is 5.79. The number of rotatable bonds is 7. The highest BCUT2D eigenvalue weighted by Gasteiger charge is 2.25. The molecule has 0 aromatic heterocycles. The van der Waals surface area contributed by atoms with E-state index >= 15 is 0 Å². The molecule has 0 aromatic rings. The molecule has 5 heteroatoms. The summed E-state index contributed by atoms with van der Waals surface area (Å²) in [5.74, 6) is 2.39. The second kappa shape index (κ2) is 10.0. The molecule has 1 heterocycles. The van der Waals surface area contributed by atoms with Gasteiger partial charge in [0.2, 0.25) is 0 Å². The topological polar surface area (TPSA) is 48.9 Å². The van der Waals surface area contributed by atoms with E-state index in [1.54, 1.807) is 7.11 Å². The average Bonchev–Trinajstić information content (AvgIpc) is 2.47. The summed E-state index contributed by atoms with van der Waals surface area (Å²) < 4.78 is 5.05. The lowest BCUT2D eigenvalue weighted by molar-refractivity contribution is 0.110. The number of piperidine rings is 1. The number of nitrogens with one attached hydrogen (secondary N) is 2. The number of aliphatic imine (C=N–C) groups is 1. The second-order valence-electron chi connectivity index (χ2n) is 6.40. The fourth-order valence-electron chi connectivity index (χ4n) is 2.84. The lowest BCUT2D eigenvalue weighted by atomic mass is 9.94. The van der Waals surface area contributed by atoms with Crippen LogP contribution in [0.2, 0.25) is 0 Å². The third-order valence-electron chi connectivity index (χ3n) is 4.36. The van der Waals surface area contributed by atoms with Crippen LogP contribution in [-0.4, -0.2) is 63.8 Å². The molecule has 5 nitrogen and oxygen atoms in total. The highest BCUT2D eigenvalue weighted by Crippen LogP contribution is 2.20. The van der Waals surface area contributed by atoms with Gasteiger partial charge in [-0.2, -0.15) is 0 Å². The summed E-state index contributed by atoms with van der Waals surface area (Å²) >= 11 is 0. The molecule has 0 amide bonds. The van der Waals surface area contributed by atoms with Crippen LogP contribution in [0.1, 0.15) is 33.6 Å². The van der Waals surface area contributed by atoms with Crippen molar-refractivity contribution in [3.63, 3.8) is 0 Å². The van der Waals surface area contributed by atoms with E-state index in [1.165, 1.54) is 25.9 Å². The van der Waals surface area contributed by atoms with Crippen LogP contribution < -0.4 is 10.6 Å². The smallest absolute Gasteiger partial charge is 0.191 e. The van der Waals surface area contributed by atoms with Gasteiger partial charge < -0.3 is 15.4 Å². The van der Waals surface area contributed by atoms with Gasteiger partial charge in [0, 0.05) is 33.3 Å². The van der Waals surface area contributed by atoms with E-state index in [1.807, 2.05) is 7.05 Å². The maximum atomic E-state index is 5.05. The standard InChI is InChI=1S/C16H34N4O/c1-13(2)15(20-9-6-14(3)7-10-20)12-19-16(17-4)18-8-11-21-5/h13-15H,6-12H2,1-5H3,(H2,17,18,19). The predicted octanol–water partition coefficient (Wildman–Crippen LogP) is 1.55. The quantitative estimate of drug-likeness (QED) is 0.425. The van der Waals surface area contributed by atoms with E-state index in [9.17, 15) is 0 Å². The largest absolute Gasteiger partial charge is 0.383 e. The Hall–Kier alpha value is -0.810. The van der Waals surface area contributed by atoms with Crippen molar-refractivity contribution in [2.75, 3.05) is 46.9 Å². The zero-order chi connectivity index (χ0) is 15.7. The summed E-state index contributed by atoms with van der Waals surface area (Å²) in [5.41, 5.74) is 0. The first-order chi connectivity index (χ1) is 10.1. The van der Waals surface area contributed by atoms with Gasteiger partial charge in [0.1, 0.15) is 0 Å². The van der Waals surface area contributed by atoms with Crippen LogP contribution in [-0.2, 0) is 4.74 Å². The zero-order valence-electron chi connectivity index (χ0n) is 14.5. The Morgan fingerprint density at radius 3 is 2.48 bits per heavy atom. The average molecular weight is 298 g/mol.